The molecule has 1 aromatic heterocycles. The van der Waals surface area contributed by atoms with Crippen LogP contribution in [0.15, 0.2) is 30.5 Å². The molecule has 2 aliphatic rings. The van der Waals surface area contributed by atoms with E-state index in [2.05, 4.69) is 15.0 Å². The number of nitrogens with zero attached hydrogens (tertiary/aromatic N) is 1. The third kappa shape index (κ3) is 4.60. The first-order chi connectivity index (χ1) is 14.5. The summed E-state index contributed by atoms with van der Waals surface area (Å²) in [5.41, 5.74) is -2.15. The van der Waals surface area contributed by atoms with E-state index >= 15 is 0 Å². The van der Waals surface area contributed by atoms with Gasteiger partial charge in [-0.2, -0.15) is 13.2 Å². The van der Waals surface area contributed by atoms with Crippen LogP contribution < -0.4 is 14.2 Å². The largest absolute Gasteiger partial charge is 0.573 e. The van der Waals surface area contributed by atoms with E-state index in [0.717, 1.165) is 30.2 Å². The number of aromatic nitrogens is 1. The van der Waals surface area contributed by atoms with Gasteiger partial charge < -0.3 is 14.2 Å². The van der Waals surface area contributed by atoms with Crippen LogP contribution >= 0.6 is 10.8 Å². The molecule has 1 aromatic carbocycles. The van der Waals surface area contributed by atoms with Crippen molar-refractivity contribution in [3.05, 3.63) is 41.6 Å². The van der Waals surface area contributed by atoms with Crippen LogP contribution in [0.2, 0.25) is 0 Å². The molecule has 1 N–H and O–H groups in total. The summed E-state index contributed by atoms with van der Waals surface area (Å²) in [6.07, 6.45) is -0.925. The van der Waals surface area contributed by atoms with E-state index in [0.29, 0.717) is 16.9 Å². The van der Waals surface area contributed by atoms with Crippen molar-refractivity contribution in [2.24, 2.45) is 0 Å². The average Bonchev–Trinajstić information content (AvgIpc) is 3.28. The van der Waals surface area contributed by atoms with Gasteiger partial charge in [0.2, 0.25) is 5.88 Å². The van der Waals surface area contributed by atoms with Gasteiger partial charge in [0, 0.05) is 17.3 Å². The molecule has 1 saturated carbocycles. The Morgan fingerprint density at radius 2 is 1.81 bits per heavy atom. The smallest absolute Gasteiger partial charge is 0.406 e. The lowest BCUT2D eigenvalue weighted by Gasteiger charge is -2.23. The average molecular weight is 464 g/mol. The second-order valence-electron chi connectivity index (χ2n) is 7.27. The maximum absolute atomic E-state index is 13.2. The van der Waals surface area contributed by atoms with Gasteiger partial charge in [-0.1, -0.05) is 6.07 Å². The minimum Gasteiger partial charge on any atom is -0.406 e. The van der Waals surface area contributed by atoms with Crippen molar-refractivity contribution in [2.75, 3.05) is 5.32 Å². The molecule has 0 spiro atoms. The number of halogens is 6. The minimum absolute atomic E-state index is 0.0272. The lowest BCUT2D eigenvalue weighted by atomic mass is 9.91. The molecule has 1 fully saturated rings. The van der Waals surface area contributed by atoms with E-state index in [1.54, 1.807) is 6.07 Å². The number of hydrogen-bond donors (Lipinski definition) is 1. The highest BCUT2D eigenvalue weighted by molar-refractivity contribution is 8.11. The van der Waals surface area contributed by atoms with Crippen LogP contribution in [0.1, 0.15) is 49.1 Å². The number of pyridine rings is 1. The number of nitrogens with one attached hydrogen (secondary N) is 1. The maximum atomic E-state index is 13.2. The summed E-state index contributed by atoms with van der Waals surface area (Å²) in [7, 11) is -2.38. The zero-order valence-corrected chi connectivity index (χ0v) is 17.0. The summed E-state index contributed by atoms with van der Waals surface area (Å²) in [4.78, 5) is 4.14. The highest BCUT2D eigenvalue weighted by Gasteiger charge is 2.43. The topological polar surface area (TPSA) is 43.4 Å². The lowest BCUT2D eigenvalue weighted by molar-refractivity contribution is -0.274. The Kier molecular flexibility index (Phi) is 5.57. The Morgan fingerprint density at radius 3 is 2.45 bits per heavy atom. The molecule has 11 heteroatoms. The van der Waals surface area contributed by atoms with Gasteiger partial charge in [-0.3, -0.25) is 0 Å². The van der Waals surface area contributed by atoms with Crippen molar-refractivity contribution >= 4 is 27.5 Å². The molecule has 3 atom stereocenters. The molecule has 4 rings (SSSR count). The summed E-state index contributed by atoms with van der Waals surface area (Å²) >= 11 is 0. The predicted octanol–water partition coefficient (Wildman–Crippen LogP) is 6.99. The van der Waals surface area contributed by atoms with Gasteiger partial charge in [-0.05, 0) is 61.1 Å². The third-order valence-electron chi connectivity index (χ3n) is 5.33. The molecule has 2 aliphatic carbocycles. The second-order valence-corrected chi connectivity index (χ2v) is 8.97. The van der Waals surface area contributed by atoms with E-state index in [9.17, 15) is 26.3 Å². The van der Waals surface area contributed by atoms with E-state index in [4.69, 9.17) is 4.18 Å². The van der Waals surface area contributed by atoms with E-state index in [1.807, 2.05) is 0 Å². The molecule has 31 heavy (non-hydrogen) atoms. The van der Waals surface area contributed by atoms with Gasteiger partial charge in [-0.15, -0.1) is 13.2 Å². The van der Waals surface area contributed by atoms with Gasteiger partial charge >= 0.3 is 11.9 Å². The highest BCUT2D eigenvalue weighted by atomic mass is 32.2. The van der Waals surface area contributed by atoms with E-state index in [-0.39, 0.29) is 23.5 Å². The number of rotatable bonds is 5. The van der Waals surface area contributed by atoms with E-state index in [1.165, 1.54) is 31.3 Å². The first kappa shape index (κ1) is 21.8. The fourth-order valence-corrected chi connectivity index (χ4v) is 5.03. The summed E-state index contributed by atoms with van der Waals surface area (Å²) < 4.78 is 86.3. The van der Waals surface area contributed by atoms with Crippen molar-refractivity contribution in [3.63, 3.8) is 0 Å². The molecule has 0 radical (unpaired) electrons. The normalized spacial score (nSPS) is 21.1. The summed E-state index contributed by atoms with van der Waals surface area (Å²) in [5.74, 6) is -0.211. The van der Waals surface area contributed by atoms with Crippen molar-refractivity contribution in [1.29, 1.82) is 0 Å². The number of benzene rings is 1. The monoisotopic (exact) mass is 464 g/mol. The van der Waals surface area contributed by atoms with Gasteiger partial charge in [0.05, 0.1) is 22.6 Å². The van der Waals surface area contributed by atoms with Crippen LogP contribution in [0, 0.1) is 0 Å². The Morgan fingerprint density at radius 1 is 1.10 bits per heavy atom. The Hall–Kier alpha value is -2.43. The number of ether oxygens (including phenoxy) is 1. The molecular weight excluding hydrogens is 446 g/mol. The van der Waals surface area contributed by atoms with Crippen molar-refractivity contribution < 1.29 is 35.3 Å². The van der Waals surface area contributed by atoms with Crippen LogP contribution in [0.4, 0.5) is 37.7 Å². The van der Waals surface area contributed by atoms with Crippen LogP contribution in [0.5, 0.6) is 11.6 Å². The summed E-state index contributed by atoms with van der Waals surface area (Å²) in [5, 5.41) is 4.00. The number of anilines is 2. The van der Waals surface area contributed by atoms with Gasteiger partial charge in [0.15, 0.2) is 0 Å². The number of hydrogen-bond acceptors (Lipinski definition) is 4. The van der Waals surface area contributed by atoms with Crippen LogP contribution in [-0.4, -0.2) is 22.2 Å². The van der Waals surface area contributed by atoms with Crippen molar-refractivity contribution in [1.82, 2.24) is 4.98 Å². The maximum Gasteiger partial charge on any atom is 0.573 e. The molecule has 0 saturated heterocycles. The summed E-state index contributed by atoms with van der Waals surface area (Å²) in [6, 6.07) is 5.36. The van der Waals surface area contributed by atoms with Gasteiger partial charge in [0.1, 0.15) is 5.75 Å². The van der Waals surface area contributed by atoms with Crippen molar-refractivity contribution in [3.8, 4) is 11.6 Å². The first-order valence-electron chi connectivity index (χ1n) is 9.48. The van der Waals surface area contributed by atoms with E-state index < -0.39 is 22.6 Å². The van der Waals surface area contributed by atoms with Crippen LogP contribution in [0.3, 0.4) is 0 Å². The molecule has 1 heterocycles. The van der Waals surface area contributed by atoms with Crippen LogP contribution in [-0.2, 0) is 0 Å². The summed E-state index contributed by atoms with van der Waals surface area (Å²) in [6.45, 7) is 1.29. The molecule has 0 amide bonds. The molecule has 168 valence electrons. The SMILES string of the molecule is C/C=S(\Oc1ncc(Nc2cccc(OC(F)(F)F)c2)c2c1C1CCC2C1)C(F)(F)F. The first-order valence-corrected chi connectivity index (χ1v) is 10.7. The predicted molar refractivity (Wildman–Crippen MR) is 106 cm³/mol. The standard InChI is InChI=1S/C20H18F6N2O2S/c1-2-31(20(24,25)26)30-18-17-12-7-6-11(8-12)16(17)15(10-27-18)28-13-4-3-5-14(9-13)29-19(21,22)23/h2-5,9-12,28H,6-8H2,1H3. The number of fused-ring (bicyclic) bond motifs is 5. The highest BCUT2D eigenvalue weighted by Crippen LogP contribution is 2.58. The molecule has 2 bridgehead atoms. The van der Waals surface area contributed by atoms with Gasteiger partial charge in [0.25, 0.3) is 0 Å². The lowest BCUT2D eigenvalue weighted by Crippen LogP contribution is -2.17. The zero-order valence-electron chi connectivity index (χ0n) is 16.2. The zero-order chi connectivity index (χ0) is 22.4. The van der Waals surface area contributed by atoms with Crippen LogP contribution in [0.25, 0.3) is 0 Å². The van der Waals surface area contributed by atoms with Gasteiger partial charge in [-0.25, -0.2) is 4.98 Å². The van der Waals surface area contributed by atoms with Crippen molar-refractivity contribution in [2.45, 2.75) is 49.9 Å². The quantitative estimate of drug-likeness (QED) is 0.383. The number of alkyl halides is 6. The Balaban J connectivity index is 1.66. The Labute approximate surface area is 176 Å². The molecule has 4 nitrogen and oxygen atoms in total. The second kappa shape index (κ2) is 7.92. The molecule has 3 unspecified atom stereocenters. The fourth-order valence-electron chi connectivity index (χ4n) is 4.27. The molecule has 0 aliphatic heterocycles. The Bertz CT molecular complexity index is 1020. The third-order valence-corrected chi connectivity index (χ3v) is 6.55. The molecule has 2 aromatic rings. The fraction of sp³-hybridized carbons (Fsp3) is 0.400. The minimum atomic E-state index is -4.81. The molecular formula is C20H18F6N2O2S.